The minimum Gasteiger partial charge on any atom is -0.463 e. The van der Waals surface area contributed by atoms with E-state index in [-0.39, 0.29) is 0 Å². The van der Waals surface area contributed by atoms with Gasteiger partial charge in [-0.3, -0.25) is 0 Å². The zero-order valence-electron chi connectivity index (χ0n) is 11.5. The van der Waals surface area contributed by atoms with Gasteiger partial charge in [0.2, 0.25) is 18.3 Å². The third kappa shape index (κ3) is 4.04. The zero-order chi connectivity index (χ0) is 14.2. The molecule has 2 rings (SSSR count). The molecule has 2 aromatic heterocycles. The van der Waals surface area contributed by atoms with Crippen molar-refractivity contribution in [2.24, 2.45) is 0 Å². The van der Waals surface area contributed by atoms with Crippen molar-refractivity contribution in [3.8, 4) is 6.01 Å². The molecular weight excluding hydrogens is 262 g/mol. The molecule has 0 saturated carbocycles. The molecular formula is C11H17N7O2. The average molecular weight is 279 g/mol. The second-order valence-electron chi connectivity index (χ2n) is 3.89. The van der Waals surface area contributed by atoms with E-state index in [1.54, 1.807) is 7.05 Å². The van der Waals surface area contributed by atoms with E-state index >= 15 is 0 Å². The van der Waals surface area contributed by atoms with Gasteiger partial charge in [0.25, 0.3) is 0 Å². The fourth-order valence-electron chi connectivity index (χ4n) is 1.39. The Labute approximate surface area is 116 Å². The second-order valence-corrected chi connectivity index (χ2v) is 3.89. The molecule has 0 atom stereocenters. The lowest BCUT2D eigenvalue weighted by Crippen LogP contribution is -2.12. The summed E-state index contributed by atoms with van der Waals surface area (Å²) in [5.41, 5.74) is 0. The van der Waals surface area contributed by atoms with Crippen LogP contribution in [0.4, 0.5) is 11.9 Å². The van der Waals surface area contributed by atoms with Crippen LogP contribution in [0, 0.1) is 0 Å². The highest BCUT2D eigenvalue weighted by molar-refractivity contribution is 5.35. The molecule has 0 spiro atoms. The van der Waals surface area contributed by atoms with E-state index in [0.717, 1.165) is 6.42 Å². The molecule has 0 radical (unpaired) electrons. The fraction of sp³-hybridized carbons (Fsp3) is 0.545. The van der Waals surface area contributed by atoms with Crippen LogP contribution in [-0.2, 0) is 6.42 Å². The molecule has 0 bridgehead atoms. The number of ether oxygens (including phenoxy) is 1. The van der Waals surface area contributed by atoms with E-state index in [0.29, 0.717) is 43.3 Å². The topological polar surface area (TPSA) is 111 Å². The molecule has 108 valence electrons. The van der Waals surface area contributed by atoms with Gasteiger partial charge in [0.1, 0.15) is 0 Å². The van der Waals surface area contributed by atoms with Gasteiger partial charge in [0.05, 0.1) is 6.61 Å². The first-order valence-corrected chi connectivity index (χ1v) is 6.37. The first-order chi connectivity index (χ1) is 9.81. The van der Waals surface area contributed by atoms with Crippen LogP contribution in [0.1, 0.15) is 19.2 Å². The lowest BCUT2D eigenvalue weighted by Gasteiger charge is -2.08. The monoisotopic (exact) mass is 279 g/mol. The Balaban J connectivity index is 1.94. The number of aromatic nitrogens is 5. The first-order valence-electron chi connectivity index (χ1n) is 6.37. The maximum Gasteiger partial charge on any atom is 0.323 e. The van der Waals surface area contributed by atoms with Gasteiger partial charge < -0.3 is 19.9 Å². The minimum atomic E-state index is 0.299. The van der Waals surface area contributed by atoms with Crippen LogP contribution in [0.5, 0.6) is 6.01 Å². The molecule has 0 aliphatic heterocycles. The van der Waals surface area contributed by atoms with Gasteiger partial charge in [0, 0.05) is 20.0 Å². The molecule has 0 aromatic carbocycles. The molecule has 20 heavy (non-hydrogen) atoms. The molecule has 2 N–H and O–H groups in total. The highest BCUT2D eigenvalue weighted by Gasteiger charge is 2.06. The standard InChI is InChI=1S/C11H17N7O2/c1-3-6-19-11-16-9(12-2)15-10(17-11)13-5-4-8-14-7-20-18-8/h7H,3-6H2,1-2H3,(H2,12,13,15,16,17). The molecule has 9 nitrogen and oxygen atoms in total. The van der Waals surface area contributed by atoms with E-state index in [1.807, 2.05) is 6.92 Å². The lowest BCUT2D eigenvalue weighted by atomic mass is 10.4. The Morgan fingerprint density at radius 3 is 2.80 bits per heavy atom. The van der Waals surface area contributed by atoms with Crippen LogP contribution < -0.4 is 15.4 Å². The number of nitrogens with one attached hydrogen (secondary N) is 2. The summed E-state index contributed by atoms with van der Waals surface area (Å²) in [4.78, 5) is 16.4. The maximum atomic E-state index is 5.41. The van der Waals surface area contributed by atoms with E-state index < -0.39 is 0 Å². The number of nitrogens with zero attached hydrogens (tertiary/aromatic N) is 5. The molecule has 0 aliphatic rings. The fourth-order valence-corrected chi connectivity index (χ4v) is 1.39. The van der Waals surface area contributed by atoms with Gasteiger partial charge >= 0.3 is 6.01 Å². The minimum absolute atomic E-state index is 0.299. The summed E-state index contributed by atoms with van der Waals surface area (Å²) >= 11 is 0. The summed E-state index contributed by atoms with van der Waals surface area (Å²) in [6, 6.07) is 0.299. The largest absolute Gasteiger partial charge is 0.463 e. The molecule has 0 saturated heterocycles. The van der Waals surface area contributed by atoms with Crippen LogP contribution in [0.15, 0.2) is 10.9 Å². The maximum absolute atomic E-state index is 5.41. The highest BCUT2D eigenvalue weighted by atomic mass is 16.5. The molecule has 0 aliphatic carbocycles. The van der Waals surface area contributed by atoms with Gasteiger partial charge in [-0.15, -0.1) is 0 Å². The van der Waals surface area contributed by atoms with Crippen molar-refractivity contribution in [1.82, 2.24) is 25.1 Å². The quantitative estimate of drug-likeness (QED) is 0.722. The predicted molar refractivity (Wildman–Crippen MR) is 71.7 cm³/mol. The SMILES string of the molecule is CCCOc1nc(NC)nc(NCCc2ncon2)n1. The summed E-state index contributed by atoms with van der Waals surface area (Å²) in [6.45, 7) is 3.17. The zero-order valence-corrected chi connectivity index (χ0v) is 11.5. The third-order valence-corrected chi connectivity index (χ3v) is 2.31. The Bertz CT molecular complexity index is 517. The van der Waals surface area contributed by atoms with Crippen molar-refractivity contribution in [3.05, 3.63) is 12.2 Å². The van der Waals surface area contributed by atoms with Gasteiger partial charge in [-0.25, -0.2) is 0 Å². The van der Waals surface area contributed by atoms with E-state index in [1.165, 1.54) is 6.39 Å². The third-order valence-electron chi connectivity index (χ3n) is 2.31. The number of anilines is 2. The second kappa shape index (κ2) is 7.22. The average Bonchev–Trinajstić information content (AvgIpc) is 2.98. The van der Waals surface area contributed by atoms with Crippen LogP contribution in [0.25, 0.3) is 0 Å². The Morgan fingerprint density at radius 1 is 1.25 bits per heavy atom. The van der Waals surface area contributed by atoms with Crippen LogP contribution in [0.3, 0.4) is 0 Å². The Hall–Kier alpha value is -2.45. The summed E-state index contributed by atoms with van der Waals surface area (Å²) < 4.78 is 10.1. The van der Waals surface area contributed by atoms with E-state index in [4.69, 9.17) is 4.74 Å². The molecule has 9 heteroatoms. The van der Waals surface area contributed by atoms with Crippen molar-refractivity contribution in [2.45, 2.75) is 19.8 Å². The number of hydrogen-bond acceptors (Lipinski definition) is 9. The van der Waals surface area contributed by atoms with E-state index in [9.17, 15) is 0 Å². The molecule has 0 amide bonds. The number of rotatable bonds is 8. The lowest BCUT2D eigenvalue weighted by molar-refractivity contribution is 0.292. The van der Waals surface area contributed by atoms with Gasteiger partial charge in [-0.05, 0) is 6.42 Å². The van der Waals surface area contributed by atoms with Crippen molar-refractivity contribution < 1.29 is 9.26 Å². The van der Waals surface area contributed by atoms with Crippen LogP contribution in [0.2, 0.25) is 0 Å². The van der Waals surface area contributed by atoms with Gasteiger partial charge in [-0.2, -0.15) is 19.9 Å². The normalized spacial score (nSPS) is 10.3. The summed E-state index contributed by atoms with van der Waals surface area (Å²) in [7, 11) is 1.74. The smallest absolute Gasteiger partial charge is 0.323 e. The summed E-state index contributed by atoms with van der Waals surface area (Å²) in [5.74, 6) is 1.52. The van der Waals surface area contributed by atoms with Crippen molar-refractivity contribution in [2.75, 3.05) is 30.8 Å². The predicted octanol–water partition coefficient (Wildman–Crippen LogP) is 0.740. The van der Waals surface area contributed by atoms with Crippen LogP contribution >= 0.6 is 0 Å². The molecule has 0 fully saturated rings. The molecule has 2 heterocycles. The Morgan fingerprint density at radius 2 is 2.10 bits per heavy atom. The van der Waals surface area contributed by atoms with Gasteiger partial charge in [0.15, 0.2) is 5.82 Å². The van der Waals surface area contributed by atoms with Gasteiger partial charge in [-0.1, -0.05) is 12.1 Å². The summed E-state index contributed by atoms with van der Waals surface area (Å²) in [5, 5.41) is 9.66. The Kier molecular flexibility index (Phi) is 5.04. The summed E-state index contributed by atoms with van der Waals surface area (Å²) in [6.07, 6.45) is 2.80. The van der Waals surface area contributed by atoms with Crippen molar-refractivity contribution in [3.63, 3.8) is 0 Å². The highest BCUT2D eigenvalue weighted by Crippen LogP contribution is 2.11. The number of hydrogen-bond donors (Lipinski definition) is 2. The van der Waals surface area contributed by atoms with Crippen molar-refractivity contribution >= 4 is 11.9 Å². The van der Waals surface area contributed by atoms with E-state index in [2.05, 4.69) is 40.2 Å². The van der Waals surface area contributed by atoms with Crippen LogP contribution in [-0.4, -0.2) is 45.3 Å². The molecule has 2 aromatic rings. The van der Waals surface area contributed by atoms with Crippen molar-refractivity contribution in [1.29, 1.82) is 0 Å². The molecule has 0 unspecified atom stereocenters. The first kappa shape index (κ1) is 14.0.